The number of unbranched alkanes of at least 4 members (excludes halogenated alkanes) is 1. The predicted octanol–water partition coefficient (Wildman–Crippen LogP) is 2.86. The van der Waals surface area contributed by atoms with Crippen LogP contribution in [-0.2, 0) is 14.4 Å². The van der Waals surface area contributed by atoms with Crippen molar-refractivity contribution in [2.75, 3.05) is 6.61 Å². The Bertz CT molecular complexity index is 505. The van der Waals surface area contributed by atoms with Gasteiger partial charge in [-0.3, -0.25) is 9.59 Å². The molecule has 6 heteroatoms. The van der Waals surface area contributed by atoms with Crippen LogP contribution < -0.4 is 0 Å². The third kappa shape index (κ3) is 4.44. The van der Waals surface area contributed by atoms with Gasteiger partial charge in [-0.25, -0.2) is 0 Å². The molecule has 0 radical (unpaired) electrons. The number of carboxylic acids is 1. The molecule has 0 aromatic rings. The van der Waals surface area contributed by atoms with Crippen molar-refractivity contribution in [3.63, 3.8) is 0 Å². The van der Waals surface area contributed by atoms with Crippen LogP contribution >= 0.6 is 0 Å². The largest absolute Gasteiger partial charge is 0.512 e. The van der Waals surface area contributed by atoms with Crippen molar-refractivity contribution >= 4 is 18.0 Å². The number of aliphatic hydroxyl groups excluding tert-OH is 1. The van der Waals surface area contributed by atoms with Crippen molar-refractivity contribution in [3.8, 4) is 0 Å². The van der Waals surface area contributed by atoms with Crippen LogP contribution in [-0.4, -0.2) is 34.8 Å². The molecule has 0 saturated heterocycles. The lowest BCUT2D eigenvalue weighted by Gasteiger charge is -2.35. The van der Waals surface area contributed by atoms with E-state index in [-0.39, 0.29) is 17.8 Å². The Balaban J connectivity index is 2.65. The van der Waals surface area contributed by atoms with Crippen LogP contribution in [0.5, 0.6) is 0 Å². The summed E-state index contributed by atoms with van der Waals surface area (Å²) >= 11 is 0. The van der Waals surface area contributed by atoms with Gasteiger partial charge in [0.15, 0.2) is 5.78 Å². The maximum Gasteiger partial charge on any atom is 0.314 e. The van der Waals surface area contributed by atoms with E-state index in [9.17, 15) is 19.8 Å². The van der Waals surface area contributed by atoms with E-state index in [0.717, 1.165) is 0 Å². The Morgan fingerprint density at radius 2 is 2.23 bits per heavy atom. The fraction of sp³-hybridized carbons (Fsp3) is 0.562. The summed E-state index contributed by atoms with van der Waals surface area (Å²) < 4.78 is 0. The first-order valence-corrected chi connectivity index (χ1v) is 7.24. The van der Waals surface area contributed by atoms with E-state index in [4.69, 9.17) is 4.84 Å². The van der Waals surface area contributed by atoms with E-state index in [0.29, 0.717) is 25.9 Å². The predicted molar refractivity (Wildman–Crippen MR) is 82.7 cm³/mol. The second-order valence-corrected chi connectivity index (χ2v) is 5.99. The van der Waals surface area contributed by atoms with Crippen LogP contribution in [0.3, 0.4) is 0 Å². The standard InChI is InChI=1S/C16H23NO5/c1-4-9-22-17-8-6-5-7-11-12(18)10-16(2,3)13(14(11)19)15(20)21/h4,8,13,18H,1,5-7,9-10H2,2-3H3,(H,20,21)/b17-8+. The maximum absolute atomic E-state index is 12.3. The number of carboxylic acid groups (broad SMARTS) is 1. The van der Waals surface area contributed by atoms with Crippen molar-refractivity contribution in [1.82, 2.24) is 0 Å². The van der Waals surface area contributed by atoms with Gasteiger partial charge in [0.05, 0.1) is 5.76 Å². The van der Waals surface area contributed by atoms with Gasteiger partial charge >= 0.3 is 5.97 Å². The van der Waals surface area contributed by atoms with E-state index in [1.165, 1.54) is 0 Å². The molecule has 1 aliphatic rings. The number of rotatable bonds is 8. The molecule has 22 heavy (non-hydrogen) atoms. The third-order valence-electron chi connectivity index (χ3n) is 3.66. The molecule has 0 spiro atoms. The van der Waals surface area contributed by atoms with Gasteiger partial charge in [-0.2, -0.15) is 0 Å². The molecule has 0 amide bonds. The topological polar surface area (TPSA) is 96.2 Å². The van der Waals surface area contributed by atoms with Crippen LogP contribution in [0.2, 0.25) is 0 Å². The summed E-state index contributed by atoms with van der Waals surface area (Å²) in [7, 11) is 0. The Morgan fingerprint density at radius 3 is 2.82 bits per heavy atom. The van der Waals surface area contributed by atoms with E-state index >= 15 is 0 Å². The number of Topliss-reactive ketones (excluding diaryl/α,β-unsaturated/α-hetero) is 1. The zero-order chi connectivity index (χ0) is 16.8. The van der Waals surface area contributed by atoms with Gasteiger partial charge in [0, 0.05) is 18.2 Å². The first kappa shape index (κ1) is 17.9. The molecule has 0 saturated carbocycles. The molecule has 0 bridgehead atoms. The fourth-order valence-corrected chi connectivity index (χ4v) is 2.60. The van der Waals surface area contributed by atoms with Gasteiger partial charge in [0.1, 0.15) is 12.5 Å². The minimum absolute atomic E-state index is 0.00680. The van der Waals surface area contributed by atoms with Gasteiger partial charge < -0.3 is 15.1 Å². The Morgan fingerprint density at radius 1 is 1.55 bits per heavy atom. The molecule has 2 N–H and O–H groups in total. The normalized spacial score (nSPS) is 21.2. The molecular weight excluding hydrogens is 286 g/mol. The highest BCUT2D eigenvalue weighted by atomic mass is 16.6. The summed E-state index contributed by atoms with van der Waals surface area (Å²) in [6.07, 6.45) is 4.84. The Kier molecular flexibility index (Phi) is 6.34. The van der Waals surface area contributed by atoms with E-state index in [2.05, 4.69) is 11.7 Å². The number of aliphatic carboxylic acids is 1. The summed E-state index contributed by atoms with van der Waals surface area (Å²) in [5, 5.41) is 23.0. The lowest BCUT2D eigenvalue weighted by molar-refractivity contribution is -0.151. The van der Waals surface area contributed by atoms with Crippen molar-refractivity contribution in [2.45, 2.75) is 39.5 Å². The lowest BCUT2D eigenvalue weighted by atomic mass is 9.67. The summed E-state index contributed by atoms with van der Waals surface area (Å²) in [4.78, 5) is 28.5. The van der Waals surface area contributed by atoms with Crippen LogP contribution in [0, 0.1) is 11.3 Å². The number of carbonyl (C=O) groups excluding carboxylic acids is 1. The lowest BCUT2D eigenvalue weighted by Crippen LogP contribution is -2.42. The second-order valence-electron chi connectivity index (χ2n) is 5.99. The third-order valence-corrected chi connectivity index (χ3v) is 3.66. The zero-order valence-corrected chi connectivity index (χ0v) is 13.0. The van der Waals surface area contributed by atoms with Gasteiger partial charge in [-0.05, 0) is 24.7 Å². The SMILES string of the molecule is C=CCO/N=C/CCCC1=C(O)CC(C)(C)C(C(=O)O)C1=O. The number of allylic oxidation sites excluding steroid dienone is 2. The molecule has 0 fully saturated rings. The number of ketones is 1. The van der Waals surface area contributed by atoms with Crippen LogP contribution in [0.25, 0.3) is 0 Å². The highest BCUT2D eigenvalue weighted by molar-refractivity contribution is 6.09. The smallest absolute Gasteiger partial charge is 0.314 e. The van der Waals surface area contributed by atoms with Crippen molar-refractivity contribution in [3.05, 3.63) is 24.0 Å². The molecule has 0 aliphatic heterocycles. The van der Waals surface area contributed by atoms with Gasteiger partial charge in [0.25, 0.3) is 0 Å². The van der Waals surface area contributed by atoms with Crippen LogP contribution in [0.15, 0.2) is 29.1 Å². The molecule has 0 aromatic heterocycles. The van der Waals surface area contributed by atoms with Crippen molar-refractivity contribution in [1.29, 1.82) is 0 Å². The Hall–Kier alpha value is -2.11. The quantitative estimate of drug-likeness (QED) is 0.236. The van der Waals surface area contributed by atoms with E-state index < -0.39 is 23.1 Å². The molecular formula is C16H23NO5. The second kappa shape index (κ2) is 7.77. The summed E-state index contributed by atoms with van der Waals surface area (Å²) in [6.45, 7) is 7.18. The Labute approximate surface area is 130 Å². The van der Waals surface area contributed by atoms with Crippen molar-refractivity contribution < 1.29 is 24.6 Å². The van der Waals surface area contributed by atoms with Crippen LogP contribution in [0.4, 0.5) is 0 Å². The van der Waals surface area contributed by atoms with E-state index in [1.807, 2.05) is 0 Å². The molecule has 1 rings (SSSR count). The molecule has 6 nitrogen and oxygen atoms in total. The number of carbonyl (C=O) groups is 2. The molecule has 1 atom stereocenters. The minimum Gasteiger partial charge on any atom is -0.512 e. The number of oxime groups is 1. The average Bonchev–Trinajstić information content (AvgIpc) is 2.39. The summed E-state index contributed by atoms with van der Waals surface area (Å²) in [6, 6.07) is 0. The first-order valence-electron chi connectivity index (χ1n) is 7.24. The zero-order valence-electron chi connectivity index (χ0n) is 13.0. The molecule has 0 aromatic carbocycles. The van der Waals surface area contributed by atoms with Crippen LogP contribution in [0.1, 0.15) is 39.5 Å². The number of nitrogens with zero attached hydrogens (tertiary/aromatic N) is 1. The molecule has 1 unspecified atom stereocenters. The number of hydrogen-bond acceptors (Lipinski definition) is 5. The van der Waals surface area contributed by atoms with Gasteiger partial charge in [-0.1, -0.05) is 31.7 Å². The first-order chi connectivity index (χ1) is 10.3. The highest BCUT2D eigenvalue weighted by Gasteiger charge is 2.46. The maximum atomic E-state index is 12.3. The molecule has 1 aliphatic carbocycles. The average molecular weight is 309 g/mol. The summed E-state index contributed by atoms with van der Waals surface area (Å²) in [5.74, 6) is -2.73. The fourth-order valence-electron chi connectivity index (χ4n) is 2.60. The minimum atomic E-state index is -1.14. The monoisotopic (exact) mass is 309 g/mol. The number of aliphatic hydroxyl groups is 1. The van der Waals surface area contributed by atoms with Gasteiger partial charge in [-0.15, -0.1) is 0 Å². The number of hydrogen-bond donors (Lipinski definition) is 2. The van der Waals surface area contributed by atoms with Gasteiger partial charge in [0.2, 0.25) is 0 Å². The van der Waals surface area contributed by atoms with Crippen molar-refractivity contribution in [2.24, 2.45) is 16.5 Å². The molecule has 122 valence electrons. The summed E-state index contributed by atoms with van der Waals surface area (Å²) in [5.41, 5.74) is -0.552. The van der Waals surface area contributed by atoms with E-state index in [1.54, 1.807) is 26.1 Å². The molecule has 0 heterocycles. The highest BCUT2D eigenvalue weighted by Crippen LogP contribution is 2.41.